The van der Waals surface area contributed by atoms with E-state index in [1.54, 1.807) is 0 Å². The van der Waals surface area contributed by atoms with Crippen LogP contribution in [0.2, 0.25) is 0 Å². The van der Waals surface area contributed by atoms with Crippen molar-refractivity contribution in [2.24, 2.45) is 52.1 Å². The van der Waals surface area contributed by atoms with Crippen LogP contribution in [0.25, 0.3) is 0 Å². The van der Waals surface area contributed by atoms with Crippen molar-refractivity contribution >= 4 is 11.9 Å². The highest BCUT2D eigenvalue weighted by Gasteiger charge is 2.60. The first kappa shape index (κ1) is 27.7. The molecule has 0 aliphatic heterocycles. The van der Waals surface area contributed by atoms with Crippen molar-refractivity contribution in [3.05, 3.63) is 35.9 Å². The number of rotatable bonds is 8. The van der Waals surface area contributed by atoms with Crippen molar-refractivity contribution in [3.63, 3.8) is 0 Å². The number of carboxylic acids is 1. The number of hydrogen-bond donors (Lipinski definition) is 2. The highest BCUT2D eigenvalue weighted by Crippen LogP contribution is 2.68. The van der Waals surface area contributed by atoms with Crippen LogP contribution in [0.15, 0.2) is 30.3 Å². The Balaban J connectivity index is 1.18. The molecule has 4 saturated carbocycles. The number of ether oxygens (including phenoxy) is 1. The van der Waals surface area contributed by atoms with Crippen molar-refractivity contribution < 1.29 is 19.4 Å². The van der Waals surface area contributed by atoms with Crippen LogP contribution in [-0.2, 0) is 20.7 Å². The highest BCUT2D eigenvalue weighted by molar-refractivity contribution is 5.75. The van der Waals surface area contributed by atoms with Crippen LogP contribution >= 0.6 is 0 Å². The lowest BCUT2D eigenvalue weighted by molar-refractivity contribution is -0.164. The van der Waals surface area contributed by atoms with Gasteiger partial charge in [-0.2, -0.15) is 0 Å². The van der Waals surface area contributed by atoms with Crippen molar-refractivity contribution in [1.82, 2.24) is 0 Å². The molecule has 38 heavy (non-hydrogen) atoms. The van der Waals surface area contributed by atoms with Crippen LogP contribution in [0.4, 0.5) is 0 Å². The molecular weight excluding hydrogens is 474 g/mol. The Hall–Kier alpha value is -1.88. The molecule has 5 rings (SSSR count). The van der Waals surface area contributed by atoms with Gasteiger partial charge in [0, 0.05) is 6.42 Å². The third kappa shape index (κ3) is 5.17. The molecule has 0 bridgehead atoms. The molecule has 0 amide bonds. The Morgan fingerprint density at radius 3 is 2.45 bits per heavy atom. The van der Waals surface area contributed by atoms with E-state index >= 15 is 0 Å². The van der Waals surface area contributed by atoms with E-state index in [9.17, 15) is 14.7 Å². The van der Waals surface area contributed by atoms with Gasteiger partial charge in [-0.25, -0.2) is 0 Å². The number of fused-ring (bicyclic) bond motifs is 5. The fourth-order valence-corrected chi connectivity index (χ4v) is 10.1. The fourth-order valence-electron chi connectivity index (χ4n) is 10.1. The molecule has 10 atom stereocenters. The molecule has 0 radical (unpaired) electrons. The summed E-state index contributed by atoms with van der Waals surface area (Å²) in [6, 6.07) is 9.63. The first-order chi connectivity index (χ1) is 18.1. The van der Waals surface area contributed by atoms with Crippen LogP contribution in [-0.4, -0.2) is 29.2 Å². The maximum Gasteiger partial charge on any atom is 0.323 e. The quantitative estimate of drug-likeness (QED) is 0.373. The van der Waals surface area contributed by atoms with Crippen LogP contribution in [0.5, 0.6) is 0 Å². The lowest BCUT2D eigenvalue weighted by Crippen LogP contribution is -2.54. The van der Waals surface area contributed by atoms with Crippen molar-refractivity contribution in [2.45, 2.75) is 110 Å². The monoisotopic (exact) mass is 523 g/mol. The summed E-state index contributed by atoms with van der Waals surface area (Å²) in [5.74, 6) is 2.78. The summed E-state index contributed by atoms with van der Waals surface area (Å²) in [6.45, 7) is 7.21. The third-order valence-electron chi connectivity index (χ3n) is 12.0. The Morgan fingerprint density at radius 2 is 1.71 bits per heavy atom. The van der Waals surface area contributed by atoms with E-state index in [2.05, 4.69) is 32.9 Å². The highest BCUT2D eigenvalue weighted by atomic mass is 16.5. The average Bonchev–Trinajstić information content (AvgIpc) is 3.25. The first-order valence-electron chi connectivity index (χ1n) is 15.3. The smallest absolute Gasteiger partial charge is 0.323 e. The van der Waals surface area contributed by atoms with Gasteiger partial charge in [-0.1, -0.05) is 51.1 Å². The van der Waals surface area contributed by atoms with Crippen LogP contribution < -0.4 is 5.73 Å². The molecule has 210 valence electrons. The molecular formula is C33H49NO4. The normalized spacial score (nSPS) is 39.8. The zero-order chi connectivity index (χ0) is 27.1. The standard InChI is InChI=1S/C33H49NO4/c1-21(19-30(35)36)26-12-13-27-25-11-10-23-20-24(15-17-32(23,2)28(25)16-18-33(26,27)3)38-31(37)29(34)14-9-22-7-5-4-6-8-22/h4-8,21,23-29H,9-20,34H2,1-3H3,(H,35,36)/t21-,23-,24-,25+,26?,27+,28+,29+,32+,33-/m1/s1. The lowest BCUT2D eigenvalue weighted by atomic mass is 9.44. The third-order valence-corrected chi connectivity index (χ3v) is 12.0. The largest absolute Gasteiger partial charge is 0.481 e. The minimum atomic E-state index is -0.652. The first-order valence-corrected chi connectivity index (χ1v) is 15.3. The van der Waals surface area contributed by atoms with Crippen molar-refractivity contribution in [3.8, 4) is 0 Å². The maximum atomic E-state index is 12.8. The molecule has 4 aliphatic carbocycles. The lowest BCUT2D eigenvalue weighted by Gasteiger charge is -2.61. The SMILES string of the molecule is C[C@H](CC(=O)O)C1CC[C@H]2[C@@H]3CC[C@@H]4C[C@H](OC(=O)[C@@H](N)CCc5ccccc5)CC[C@]4(C)[C@H]3CC[C@]12C. The fraction of sp³-hybridized carbons (Fsp3) is 0.758. The summed E-state index contributed by atoms with van der Waals surface area (Å²) in [5, 5.41) is 9.42. The number of carbonyl (C=O) groups excluding carboxylic acids is 1. The van der Waals surface area contributed by atoms with Crippen LogP contribution in [0, 0.1) is 46.3 Å². The summed E-state index contributed by atoms with van der Waals surface area (Å²) >= 11 is 0. The van der Waals surface area contributed by atoms with Gasteiger partial charge in [-0.3, -0.25) is 9.59 Å². The van der Waals surface area contributed by atoms with Gasteiger partial charge >= 0.3 is 11.9 Å². The number of carboxylic acid groups (broad SMARTS) is 1. The van der Waals surface area contributed by atoms with Gasteiger partial charge in [-0.15, -0.1) is 0 Å². The van der Waals surface area contributed by atoms with Gasteiger partial charge in [0.1, 0.15) is 12.1 Å². The summed E-state index contributed by atoms with van der Waals surface area (Å²) in [4.78, 5) is 24.3. The molecule has 0 aromatic heterocycles. The van der Waals surface area contributed by atoms with Crippen molar-refractivity contribution in [1.29, 1.82) is 0 Å². The molecule has 5 heteroatoms. The van der Waals surface area contributed by atoms with Gasteiger partial charge < -0.3 is 15.6 Å². The second-order valence-corrected chi connectivity index (χ2v) is 13.9. The van der Waals surface area contributed by atoms with Gasteiger partial charge in [0.2, 0.25) is 0 Å². The second-order valence-electron chi connectivity index (χ2n) is 13.9. The van der Waals surface area contributed by atoms with Crippen LogP contribution in [0.3, 0.4) is 0 Å². The van der Waals surface area contributed by atoms with E-state index in [4.69, 9.17) is 10.5 Å². The molecule has 1 unspecified atom stereocenters. The summed E-state index contributed by atoms with van der Waals surface area (Å²) in [6.07, 6.45) is 12.3. The molecule has 4 fully saturated rings. The summed E-state index contributed by atoms with van der Waals surface area (Å²) in [5.41, 5.74) is 8.06. The molecule has 1 aromatic carbocycles. The predicted octanol–water partition coefficient (Wildman–Crippen LogP) is 6.63. The van der Waals surface area contributed by atoms with Gasteiger partial charge in [0.25, 0.3) is 0 Å². The number of esters is 1. The topological polar surface area (TPSA) is 89.6 Å². The Bertz CT molecular complexity index is 996. The van der Waals surface area contributed by atoms with E-state index in [0.717, 1.165) is 43.4 Å². The minimum absolute atomic E-state index is 0.00138. The number of aliphatic carboxylic acids is 1. The number of carbonyl (C=O) groups is 2. The maximum absolute atomic E-state index is 12.8. The van der Waals surface area contributed by atoms with E-state index in [1.165, 1.54) is 44.1 Å². The van der Waals surface area contributed by atoms with E-state index in [-0.39, 0.29) is 18.0 Å². The van der Waals surface area contributed by atoms with Gasteiger partial charge in [-0.05, 0) is 123 Å². The van der Waals surface area contributed by atoms with E-state index in [0.29, 0.717) is 35.5 Å². The Kier molecular flexibility index (Phi) is 7.97. The number of nitrogens with two attached hydrogens (primary N) is 1. The molecule has 0 spiro atoms. The molecule has 0 heterocycles. The Morgan fingerprint density at radius 1 is 1.00 bits per heavy atom. The second kappa shape index (κ2) is 10.9. The zero-order valence-corrected chi connectivity index (χ0v) is 23.7. The summed E-state index contributed by atoms with van der Waals surface area (Å²) < 4.78 is 6.02. The average molecular weight is 524 g/mol. The Labute approximate surface area is 229 Å². The summed E-state index contributed by atoms with van der Waals surface area (Å²) in [7, 11) is 0. The number of aryl methyl sites for hydroxylation is 1. The number of hydrogen-bond acceptors (Lipinski definition) is 4. The minimum Gasteiger partial charge on any atom is -0.481 e. The van der Waals surface area contributed by atoms with Gasteiger partial charge in [0.05, 0.1) is 0 Å². The zero-order valence-electron chi connectivity index (χ0n) is 23.7. The van der Waals surface area contributed by atoms with E-state index in [1.807, 2.05) is 18.2 Å². The molecule has 3 N–H and O–H groups in total. The van der Waals surface area contributed by atoms with Crippen molar-refractivity contribution in [2.75, 3.05) is 0 Å². The molecule has 4 aliphatic rings. The van der Waals surface area contributed by atoms with Gasteiger partial charge in [0.15, 0.2) is 0 Å². The molecule has 1 aromatic rings. The van der Waals surface area contributed by atoms with Crippen LogP contribution in [0.1, 0.15) is 97.0 Å². The predicted molar refractivity (Wildman–Crippen MR) is 149 cm³/mol. The number of benzene rings is 1. The molecule has 0 saturated heterocycles. The van der Waals surface area contributed by atoms with E-state index < -0.39 is 12.0 Å². The molecule has 5 nitrogen and oxygen atoms in total.